The van der Waals surface area contributed by atoms with Crippen LogP contribution in [0.2, 0.25) is 0 Å². The van der Waals surface area contributed by atoms with Gasteiger partial charge >= 0.3 is 45.2 Å². The molecule has 0 aromatic carbocycles. The minimum atomic E-state index is -5.08. The molecule has 0 rings (SSSR count). The molecule has 0 bridgehead atoms. The average Bonchev–Trinajstić information content (AvgIpc) is 1.64. The van der Waals surface area contributed by atoms with Gasteiger partial charge in [-0.25, -0.2) is 4.79 Å². The number of alkyl halides is 3. The van der Waals surface area contributed by atoms with E-state index in [0.717, 1.165) is 0 Å². The van der Waals surface area contributed by atoms with Crippen molar-refractivity contribution >= 4 is 26.4 Å². The number of halogens is 5. The van der Waals surface area contributed by atoms with Crippen LogP contribution in [-0.4, -0.2) is 17.3 Å². The van der Waals surface area contributed by atoms with E-state index >= 15 is 0 Å². The monoisotopic (exact) mass is 242 g/mol. The molecule has 0 aliphatic heterocycles. The molecule has 0 aliphatic rings. The van der Waals surface area contributed by atoms with Crippen molar-refractivity contribution in [2.45, 2.75) is 6.18 Å². The Bertz CT molecular complexity index is 105. The Morgan fingerprint density at radius 1 is 1.40 bits per heavy atom. The number of hydrogen-bond acceptors (Lipinski definition) is 1. The summed E-state index contributed by atoms with van der Waals surface area (Å²) in [5.74, 6) is -2.76. The first-order chi connectivity index (χ1) is 4.36. The van der Waals surface area contributed by atoms with E-state index in [9.17, 15) is 13.2 Å². The molecular formula is C2HCl2F3NiO2. The summed E-state index contributed by atoms with van der Waals surface area (Å²) in [7, 11) is 9.40. The molecule has 1 N–H and O–H groups in total. The van der Waals surface area contributed by atoms with Crippen molar-refractivity contribution in [2.75, 3.05) is 0 Å². The first-order valence-corrected chi connectivity index (χ1v) is 4.20. The summed E-state index contributed by atoms with van der Waals surface area (Å²) in [6.07, 6.45) is -5.08. The molecule has 0 spiro atoms. The van der Waals surface area contributed by atoms with Gasteiger partial charge < -0.3 is 5.11 Å². The second kappa shape index (κ2) is 6.07. The molecule has 0 aliphatic carbocycles. The van der Waals surface area contributed by atoms with Crippen LogP contribution in [0.25, 0.3) is 0 Å². The van der Waals surface area contributed by atoms with Crippen LogP contribution in [0.1, 0.15) is 0 Å². The number of carboxylic acid groups (broad SMARTS) is 1. The van der Waals surface area contributed by atoms with Crippen molar-refractivity contribution in [1.82, 2.24) is 0 Å². The van der Waals surface area contributed by atoms with E-state index in [1.54, 1.807) is 0 Å². The summed E-state index contributed by atoms with van der Waals surface area (Å²) >= 11 is 0.569. The van der Waals surface area contributed by atoms with Crippen LogP contribution in [-0.2, 0) is 17.4 Å². The van der Waals surface area contributed by atoms with Gasteiger partial charge in [-0.1, -0.05) is 0 Å². The van der Waals surface area contributed by atoms with Gasteiger partial charge in [0.25, 0.3) is 0 Å². The van der Waals surface area contributed by atoms with Crippen molar-refractivity contribution in [3.8, 4) is 0 Å². The van der Waals surface area contributed by atoms with Crippen LogP contribution in [0.5, 0.6) is 0 Å². The normalized spacial score (nSPS) is 10.1. The Morgan fingerprint density at radius 2 is 1.50 bits per heavy atom. The molecule has 0 heterocycles. The van der Waals surface area contributed by atoms with E-state index in [1.165, 1.54) is 0 Å². The maximum absolute atomic E-state index is 10.6. The third kappa shape index (κ3) is 11.2. The Kier molecular flexibility index (Phi) is 7.87. The zero-order chi connectivity index (χ0) is 8.78. The number of rotatable bonds is 0. The van der Waals surface area contributed by atoms with Crippen molar-refractivity contribution in [2.24, 2.45) is 0 Å². The van der Waals surface area contributed by atoms with Gasteiger partial charge in [-0.15, -0.1) is 0 Å². The Labute approximate surface area is 68.6 Å². The van der Waals surface area contributed by atoms with Crippen LogP contribution in [0, 0.1) is 0 Å². The number of hydrogen-bond donors (Lipinski definition) is 1. The molecule has 0 atom stereocenters. The van der Waals surface area contributed by atoms with Crippen molar-refractivity contribution in [3.63, 3.8) is 0 Å². The molecule has 0 saturated carbocycles. The SMILES string of the molecule is O=C(O)C(F)(F)F.[Cl][Ni][Cl]. The fraction of sp³-hybridized carbons (Fsp3) is 0.500. The Hall–Kier alpha value is 0.334. The zero-order valence-electron chi connectivity index (χ0n) is 4.06. The topological polar surface area (TPSA) is 37.3 Å². The molecule has 0 unspecified atom stereocenters. The fourth-order valence-corrected chi connectivity index (χ4v) is 0. The third-order valence-electron chi connectivity index (χ3n) is 0.243. The van der Waals surface area contributed by atoms with Crippen LogP contribution < -0.4 is 0 Å². The van der Waals surface area contributed by atoms with Gasteiger partial charge in [-0.3, -0.25) is 0 Å². The van der Waals surface area contributed by atoms with Crippen LogP contribution in [0.3, 0.4) is 0 Å². The number of carboxylic acids is 1. The van der Waals surface area contributed by atoms with E-state index in [1.807, 2.05) is 0 Å². The molecule has 8 heteroatoms. The molecular weight excluding hydrogens is 243 g/mol. The van der Waals surface area contributed by atoms with E-state index in [2.05, 4.69) is 0 Å². The predicted molar refractivity (Wildman–Crippen MR) is 25.4 cm³/mol. The summed E-state index contributed by atoms with van der Waals surface area (Å²) in [6.45, 7) is 0. The maximum atomic E-state index is 10.6. The molecule has 0 aromatic heterocycles. The number of aliphatic carboxylic acids is 1. The second-order valence-corrected chi connectivity index (χ2v) is 2.48. The number of carbonyl (C=O) groups is 1. The van der Waals surface area contributed by atoms with E-state index in [0.29, 0.717) is 12.7 Å². The fourth-order valence-electron chi connectivity index (χ4n) is 0. The van der Waals surface area contributed by atoms with Crippen LogP contribution in [0.15, 0.2) is 0 Å². The first-order valence-electron chi connectivity index (χ1n) is 1.48. The molecule has 0 saturated heterocycles. The van der Waals surface area contributed by atoms with Crippen LogP contribution in [0.4, 0.5) is 13.2 Å². The van der Waals surface area contributed by atoms with Gasteiger partial charge in [-0.2, -0.15) is 13.2 Å². The summed E-state index contributed by atoms with van der Waals surface area (Å²) in [6, 6.07) is 0. The molecule has 0 radical (unpaired) electrons. The summed E-state index contributed by atoms with van der Waals surface area (Å²) in [4.78, 5) is 8.90. The van der Waals surface area contributed by atoms with E-state index < -0.39 is 12.1 Å². The first kappa shape index (κ1) is 13.0. The summed E-state index contributed by atoms with van der Waals surface area (Å²) in [5.41, 5.74) is 0. The van der Waals surface area contributed by atoms with E-state index in [4.69, 9.17) is 30.3 Å². The average molecular weight is 244 g/mol. The van der Waals surface area contributed by atoms with Crippen molar-refractivity contribution < 1.29 is 35.7 Å². The molecule has 10 heavy (non-hydrogen) atoms. The Morgan fingerprint density at radius 3 is 1.50 bits per heavy atom. The quantitative estimate of drug-likeness (QED) is 0.661. The van der Waals surface area contributed by atoms with Gasteiger partial charge in [0.1, 0.15) is 0 Å². The zero-order valence-corrected chi connectivity index (χ0v) is 6.56. The van der Waals surface area contributed by atoms with Gasteiger partial charge in [0.05, 0.1) is 0 Å². The molecule has 0 amide bonds. The summed E-state index contributed by atoms with van der Waals surface area (Å²) < 4.78 is 31.7. The minimum absolute atomic E-state index is 0.569. The van der Waals surface area contributed by atoms with Crippen LogP contribution >= 0.6 is 20.4 Å². The van der Waals surface area contributed by atoms with E-state index in [-0.39, 0.29) is 0 Å². The predicted octanol–water partition coefficient (Wildman–Crippen LogP) is 2.01. The standard InChI is InChI=1S/C2HF3O2.2ClH.Ni/c3-2(4,5)1(6)7;;;/h(H,6,7);2*1H;/q;;;+2/p-2. The molecule has 0 aromatic rings. The van der Waals surface area contributed by atoms with Gasteiger partial charge in [0.2, 0.25) is 0 Å². The molecule has 66 valence electrons. The molecule has 0 fully saturated rings. The second-order valence-electron chi connectivity index (χ2n) is 0.848. The Balaban J connectivity index is 0. The molecule has 2 nitrogen and oxygen atoms in total. The van der Waals surface area contributed by atoms with Gasteiger partial charge in [0, 0.05) is 0 Å². The third-order valence-corrected chi connectivity index (χ3v) is 0.243. The van der Waals surface area contributed by atoms with Gasteiger partial charge in [0.15, 0.2) is 0 Å². The van der Waals surface area contributed by atoms with Crippen molar-refractivity contribution in [3.05, 3.63) is 0 Å². The van der Waals surface area contributed by atoms with Crippen molar-refractivity contribution in [1.29, 1.82) is 0 Å². The summed E-state index contributed by atoms with van der Waals surface area (Å²) in [5, 5.41) is 7.12. The van der Waals surface area contributed by atoms with Gasteiger partial charge in [-0.05, 0) is 0 Å².